The Morgan fingerprint density at radius 3 is 2.41 bits per heavy atom. The van der Waals surface area contributed by atoms with Gasteiger partial charge in [-0.2, -0.15) is 13.2 Å². The summed E-state index contributed by atoms with van der Waals surface area (Å²) in [5, 5.41) is 3.13. The smallest absolute Gasteiger partial charge is 0.368 e. The van der Waals surface area contributed by atoms with Gasteiger partial charge in [-0.05, 0) is 18.6 Å². The van der Waals surface area contributed by atoms with E-state index < -0.39 is 11.7 Å². The number of anilines is 1. The summed E-state index contributed by atoms with van der Waals surface area (Å²) in [4.78, 5) is 1.80. The molecule has 5 heteroatoms. The average Bonchev–Trinajstić information content (AvgIpc) is 2.28. The third kappa shape index (κ3) is 2.54. The van der Waals surface area contributed by atoms with Crippen LogP contribution in [0.1, 0.15) is 11.1 Å². The van der Waals surface area contributed by atoms with Gasteiger partial charge < -0.3 is 10.2 Å². The van der Waals surface area contributed by atoms with Gasteiger partial charge in [0.25, 0.3) is 0 Å². The van der Waals surface area contributed by atoms with Crippen LogP contribution in [0, 0.1) is 6.92 Å². The van der Waals surface area contributed by atoms with E-state index in [0.717, 1.165) is 13.1 Å². The van der Waals surface area contributed by atoms with Crippen LogP contribution in [-0.4, -0.2) is 26.2 Å². The van der Waals surface area contributed by atoms with Gasteiger partial charge in [0.2, 0.25) is 0 Å². The molecule has 94 valence electrons. The fourth-order valence-corrected chi connectivity index (χ4v) is 2.19. The molecule has 0 saturated carbocycles. The van der Waals surface area contributed by atoms with E-state index in [2.05, 4.69) is 5.32 Å². The number of hydrogen-bond donors (Lipinski definition) is 1. The minimum Gasteiger partial charge on any atom is -0.368 e. The van der Waals surface area contributed by atoms with Crippen molar-refractivity contribution in [3.05, 3.63) is 29.3 Å². The van der Waals surface area contributed by atoms with E-state index in [1.54, 1.807) is 17.0 Å². The Morgan fingerprint density at radius 1 is 1.18 bits per heavy atom. The van der Waals surface area contributed by atoms with Crippen LogP contribution in [0.3, 0.4) is 0 Å². The molecular formula is C12H15F3N2. The van der Waals surface area contributed by atoms with E-state index >= 15 is 0 Å². The van der Waals surface area contributed by atoms with E-state index in [-0.39, 0.29) is 5.56 Å². The molecule has 0 unspecified atom stereocenters. The zero-order chi connectivity index (χ0) is 12.5. The number of piperazine rings is 1. The van der Waals surface area contributed by atoms with Crippen molar-refractivity contribution in [1.82, 2.24) is 5.32 Å². The molecule has 1 fully saturated rings. The highest BCUT2D eigenvalue weighted by molar-refractivity contribution is 5.58. The molecule has 1 aliphatic heterocycles. The standard InChI is InChI=1S/C12H15F3N2/c1-9-3-2-4-10(11(9)12(13,14)15)17-7-5-16-6-8-17/h2-4,16H,5-8H2,1H3. The number of aryl methyl sites for hydroxylation is 1. The second-order valence-electron chi connectivity index (χ2n) is 4.20. The van der Waals surface area contributed by atoms with Gasteiger partial charge in [0.15, 0.2) is 0 Å². The van der Waals surface area contributed by atoms with Crippen molar-refractivity contribution in [2.45, 2.75) is 13.1 Å². The first-order valence-electron chi connectivity index (χ1n) is 5.62. The maximum atomic E-state index is 13.0. The molecule has 1 heterocycles. The van der Waals surface area contributed by atoms with Crippen LogP contribution in [0.5, 0.6) is 0 Å². The Hall–Kier alpha value is -1.23. The normalized spacial score (nSPS) is 17.3. The Bertz CT molecular complexity index is 395. The SMILES string of the molecule is Cc1cccc(N2CCNCC2)c1C(F)(F)F. The number of hydrogen-bond acceptors (Lipinski definition) is 2. The lowest BCUT2D eigenvalue weighted by molar-refractivity contribution is -0.137. The predicted molar refractivity (Wildman–Crippen MR) is 61.3 cm³/mol. The monoisotopic (exact) mass is 244 g/mol. The molecule has 0 aromatic heterocycles. The van der Waals surface area contributed by atoms with Gasteiger partial charge in [-0.3, -0.25) is 0 Å². The Morgan fingerprint density at radius 2 is 1.82 bits per heavy atom. The van der Waals surface area contributed by atoms with E-state index in [1.165, 1.54) is 13.0 Å². The highest BCUT2D eigenvalue weighted by atomic mass is 19.4. The van der Waals surface area contributed by atoms with Crippen LogP contribution in [0.2, 0.25) is 0 Å². The largest absolute Gasteiger partial charge is 0.418 e. The Kier molecular flexibility index (Phi) is 3.28. The summed E-state index contributed by atoms with van der Waals surface area (Å²) >= 11 is 0. The van der Waals surface area contributed by atoms with E-state index in [9.17, 15) is 13.2 Å². The van der Waals surface area contributed by atoms with Crippen molar-refractivity contribution in [3.8, 4) is 0 Å². The van der Waals surface area contributed by atoms with Crippen molar-refractivity contribution in [1.29, 1.82) is 0 Å². The second kappa shape index (κ2) is 4.56. The molecule has 0 atom stereocenters. The minimum absolute atomic E-state index is 0.286. The van der Waals surface area contributed by atoms with Crippen LogP contribution in [0.15, 0.2) is 18.2 Å². The molecule has 1 N–H and O–H groups in total. The fraction of sp³-hybridized carbons (Fsp3) is 0.500. The highest BCUT2D eigenvalue weighted by Gasteiger charge is 2.36. The van der Waals surface area contributed by atoms with Crippen LogP contribution in [-0.2, 0) is 6.18 Å². The Labute approximate surface area is 98.4 Å². The van der Waals surface area contributed by atoms with Crippen molar-refractivity contribution in [2.75, 3.05) is 31.1 Å². The van der Waals surface area contributed by atoms with E-state index in [4.69, 9.17) is 0 Å². The lowest BCUT2D eigenvalue weighted by atomic mass is 10.0. The number of nitrogens with one attached hydrogen (secondary N) is 1. The lowest BCUT2D eigenvalue weighted by Gasteiger charge is -2.32. The van der Waals surface area contributed by atoms with Crippen molar-refractivity contribution >= 4 is 5.69 Å². The molecule has 1 aromatic carbocycles. The summed E-state index contributed by atoms with van der Waals surface area (Å²) in [5.74, 6) is 0. The molecule has 1 aromatic rings. The number of alkyl halides is 3. The first-order valence-corrected chi connectivity index (χ1v) is 5.62. The van der Waals surface area contributed by atoms with Gasteiger partial charge in [0, 0.05) is 31.9 Å². The summed E-state index contributed by atoms with van der Waals surface area (Å²) < 4.78 is 39.1. The number of halogens is 3. The minimum atomic E-state index is -4.29. The summed E-state index contributed by atoms with van der Waals surface area (Å²) in [6.45, 7) is 4.20. The van der Waals surface area contributed by atoms with Crippen LogP contribution < -0.4 is 10.2 Å². The maximum Gasteiger partial charge on any atom is 0.418 e. The highest BCUT2D eigenvalue weighted by Crippen LogP contribution is 2.38. The molecule has 17 heavy (non-hydrogen) atoms. The average molecular weight is 244 g/mol. The van der Waals surface area contributed by atoms with E-state index in [1.807, 2.05) is 0 Å². The van der Waals surface area contributed by atoms with Gasteiger partial charge >= 0.3 is 6.18 Å². The van der Waals surface area contributed by atoms with Crippen LogP contribution in [0.4, 0.5) is 18.9 Å². The number of nitrogens with zero attached hydrogens (tertiary/aromatic N) is 1. The maximum absolute atomic E-state index is 13.0. The third-order valence-electron chi connectivity index (χ3n) is 2.99. The predicted octanol–water partition coefficient (Wildman–Crippen LogP) is 2.42. The molecule has 0 bridgehead atoms. The lowest BCUT2D eigenvalue weighted by Crippen LogP contribution is -2.44. The summed E-state index contributed by atoms with van der Waals surface area (Å²) in [6.07, 6.45) is -4.29. The van der Waals surface area contributed by atoms with Crippen molar-refractivity contribution in [3.63, 3.8) is 0 Å². The van der Waals surface area contributed by atoms with E-state index in [0.29, 0.717) is 18.8 Å². The van der Waals surface area contributed by atoms with Crippen molar-refractivity contribution in [2.24, 2.45) is 0 Å². The van der Waals surface area contributed by atoms with Crippen molar-refractivity contribution < 1.29 is 13.2 Å². The molecule has 1 aliphatic rings. The third-order valence-corrected chi connectivity index (χ3v) is 2.99. The molecule has 0 spiro atoms. The van der Waals surface area contributed by atoms with Gasteiger partial charge in [-0.15, -0.1) is 0 Å². The topological polar surface area (TPSA) is 15.3 Å². The molecule has 2 rings (SSSR count). The second-order valence-corrected chi connectivity index (χ2v) is 4.20. The van der Waals surface area contributed by atoms with Gasteiger partial charge in [-0.25, -0.2) is 0 Å². The number of benzene rings is 1. The quantitative estimate of drug-likeness (QED) is 0.816. The van der Waals surface area contributed by atoms with Gasteiger partial charge in [0.1, 0.15) is 0 Å². The first kappa shape index (κ1) is 12.2. The molecule has 0 amide bonds. The molecular weight excluding hydrogens is 229 g/mol. The van der Waals surface area contributed by atoms with Crippen LogP contribution in [0.25, 0.3) is 0 Å². The molecule has 0 aliphatic carbocycles. The van der Waals surface area contributed by atoms with Gasteiger partial charge in [0.05, 0.1) is 5.56 Å². The zero-order valence-corrected chi connectivity index (χ0v) is 9.64. The Balaban J connectivity index is 2.42. The summed E-state index contributed by atoms with van der Waals surface area (Å²) in [5.41, 5.74) is 0.0921. The van der Waals surface area contributed by atoms with Gasteiger partial charge in [-0.1, -0.05) is 12.1 Å². The summed E-state index contributed by atoms with van der Waals surface area (Å²) in [7, 11) is 0. The molecule has 0 radical (unpaired) electrons. The molecule has 1 saturated heterocycles. The fourth-order valence-electron chi connectivity index (χ4n) is 2.19. The molecule has 2 nitrogen and oxygen atoms in total. The summed E-state index contributed by atoms with van der Waals surface area (Å²) in [6, 6.07) is 4.75. The number of rotatable bonds is 1. The first-order chi connectivity index (χ1) is 8.00. The van der Waals surface area contributed by atoms with Crippen LogP contribution >= 0.6 is 0 Å². The zero-order valence-electron chi connectivity index (χ0n) is 9.64.